The first-order chi connectivity index (χ1) is 10.8. The third kappa shape index (κ3) is 3.22. The van der Waals surface area contributed by atoms with E-state index in [2.05, 4.69) is 4.90 Å². The molecule has 1 aliphatic rings. The van der Waals surface area contributed by atoms with Gasteiger partial charge in [-0.1, -0.05) is 36.8 Å². The summed E-state index contributed by atoms with van der Waals surface area (Å²) in [7, 11) is 0. The minimum Gasteiger partial charge on any atom is -0.491 e. The number of carbonyl (C=O) groups is 1. The number of hydrogen-bond donors (Lipinski definition) is 1. The SMILES string of the molecule is O=C(O)c1c(OCCN2CCCCC2)ccc2ccccc12. The smallest absolute Gasteiger partial charge is 0.340 e. The van der Waals surface area contributed by atoms with Crippen LogP contribution < -0.4 is 4.74 Å². The van der Waals surface area contributed by atoms with Crippen LogP contribution in [0, 0.1) is 0 Å². The molecule has 1 aliphatic heterocycles. The third-order valence-corrected chi connectivity index (χ3v) is 4.22. The Kier molecular flexibility index (Phi) is 4.59. The van der Waals surface area contributed by atoms with Crippen molar-refractivity contribution in [2.45, 2.75) is 19.3 Å². The molecule has 116 valence electrons. The van der Waals surface area contributed by atoms with Gasteiger partial charge in [-0.2, -0.15) is 0 Å². The standard InChI is InChI=1S/C18H21NO3/c20-18(21)17-15-7-3-2-6-14(15)8-9-16(17)22-13-12-19-10-4-1-5-11-19/h2-3,6-9H,1,4-5,10-13H2,(H,20,21). The van der Waals surface area contributed by atoms with E-state index in [4.69, 9.17) is 4.74 Å². The van der Waals surface area contributed by atoms with Gasteiger partial charge in [-0.05, 0) is 42.8 Å². The van der Waals surface area contributed by atoms with Crippen molar-refractivity contribution in [2.24, 2.45) is 0 Å². The van der Waals surface area contributed by atoms with E-state index in [0.717, 1.165) is 30.4 Å². The zero-order chi connectivity index (χ0) is 15.4. The van der Waals surface area contributed by atoms with E-state index in [0.29, 0.717) is 12.4 Å². The number of likely N-dealkylation sites (tertiary alicyclic amines) is 1. The number of piperidine rings is 1. The van der Waals surface area contributed by atoms with Crippen molar-refractivity contribution in [3.8, 4) is 5.75 Å². The summed E-state index contributed by atoms with van der Waals surface area (Å²) in [6.07, 6.45) is 3.80. The van der Waals surface area contributed by atoms with Gasteiger partial charge < -0.3 is 9.84 Å². The molecule has 0 saturated carbocycles. The van der Waals surface area contributed by atoms with Gasteiger partial charge in [0, 0.05) is 6.54 Å². The molecule has 0 aromatic heterocycles. The summed E-state index contributed by atoms with van der Waals surface area (Å²) in [5, 5.41) is 11.2. The predicted octanol–water partition coefficient (Wildman–Crippen LogP) is 3.40. The Morgan fingerprint density at radius 1 is 1.09 bits per heavy atom. The molecule has 0 spiro atoms. The Balaban J connectivity index is 1.75. The van der Waals surface area contributed by atoms with Crippen molar-refractivity contribution in [3.63, 3.8) is 0 Å². The summed E-state index contributed by atoms with van der Waals surface area (Å²) in [6.45, 7) is 3.62. The molecule has 2 aromatic carbocycles. The average Bonchev–Trinajstić information content (AvgIpc) is 2.55. The highest BCUT2D eigenvalue weighted by Crippen LogP contribution is 2.28. The monoisotopic (exact) mass is 299 g/mol. The minimum absolute atomic E-state index is 0.261. The lowest BCUT2D eigenvalue weighted by molar-refractivity contribution is 0.0693. The summed E-state index contributed by atoms with van der Waals surface area (Å²) in [4.78, 5) is 14.0. The van der Waals surface area contributed by atoms with Gasteiger partial charge in [0.1, 0.15) is 17.9 Å². The average molecular weight is 299 g/mol. The number of carboxylic acid groups (broad SMARTS) is 1. The molecule has 1 saturated heterocycles. The fourth-order valence-corrected chi connectivity index (χ4v) is 3.06. The summed E-state index contributed by atoms with van der Waals surface area (Å²) in [5.41, 5.74) is 0.261. The zero-order valence-corrected chi connectivity index (χ0v) is 12.6. The van der Waals surface area contributed by atoms with Crippen molar-refractivity contribution in [1.82, 2.24) is 4.90 Å². The number of benzene rings is 2. The van der Waals surface area contributed by atoms with Crippen LogP contribution >= 0.6 is 0 Å². The molecule has 0 radical (unpaired) electrons. The quantitative estimate of drug-likeness (QED) is 0.919. The van der Waals surface area contributed by atoms with Crippen molar-refractivity contribution in [1.29, 1.82) is 0 Å². The van der Waals surface area contributed by atoms with Gasteiger partial charge in [-0.3, -0.25) is 4.90 Å². The number of carboxylic acids is 1. The maximum atomic E-state index is 11.6. The molecule has 0 amide bonds. The highest BCUT2D eigenvalue weighted by atomic mass is 16.5. The molecular weight excluding hydrogens is 278 g/mol. The van der Waals surface area contributed by atoms with Gasteiger partial charge in [0.15, 0.2) is 0 Å². The largest absolute Gasteiger partial charge is 0.491 e. The second kappa shape index (κ2) is 6.79. The molecule has 0 aliphatic carbocycles. The second-order valence-electron chi connectivity index (χ2n) is 5.72. The molecule has 1 N–H and O–H groups in total. The summed E-state index contributed by atoms with van der Waals surface area (Å²) in [5.74, 6) is -0.479. The summed E-state index contributed by atoms with van der Waals surface area (Å²) < 4.78 is 5.79. The first kappa shape index (κ1) is 14.9. The molecule has 4 heteroatoms. The molecule has 3 rings (SSSR count). The van der Waals surface area contributed by atoms with Gasteiger partial charge in [0.05, 0.1) is 0 Å². The first-order valence-corrected chi connectivity index (χ1v) is 7.86. The molecule has 22 heavy (non-hydrogen) atoms. The molecule has 4 nitrogen and oxygen atoms in total. The van der Waals surface area contributed by atoms with Crippen LogP contribution in [0.25, 0.3) is 10.8 Å². The number of aromatic carboxylic acids is 1. The van der Waals surface area contributed by atoms with Gasteiger partial charge in [-0.15, -0.1) is 0 Å². The molecule has 1 heterocycles. The highest BCUT2D eigenvalue weighted by molar-refractivity contribution is 6.06. The fraction of sp³-hybridized carbons (Fsp3) is 0.389. The van der Waals surface area contributed by atoms with E-state index < -0.39 is 5.97 Å². The zero-order valence-electron chi connectivity index (χ0n) is 12.6. The maximum Gasteiger partial charge on any atom is 0.340 e. The van der Waals surface area contributed by atoms with E-state index in [1.165, 1.54) is 19.3 Å². The van der Waals surface area contributed by atoms with E-state index in [1.807, 2.05) is 30.3 Å². The van der Waals surface area contributed by atoms with Crippen LogP contribution in [0.15, 0.2) is 36.4 Å². The molecule has 0 atom stereocenters. The number of fused-ring (bicyclic) bond motifs is 1. The Labute approximate surface area is 130 Å². The van der Waals surface area contributed by atoms with E-state index >= 15 is 0 Å². The van der Waals surface area contributed by atoms with Gasteiger partial charge in [0.2, 0.25) is 0 Å². The summed E-state index contributed by atoms with van der Waals surface area (Å²) in [6, 6.07) is 11.2. The Morgan fingerprint density at radius 2 is 1.86 bits per heavy atom. The van der Waals surface area contributed by atoms with Crippen molar-refractivity contribution >= 4 is 16.7 Å². The van der Waals surface area contributed by atoms with Crippen LogP contribution in [-0.4, -0.2) is 42.2 Å². The Bertz CT molecular complexity index is 662. The van der Waals surface area contributed by atoms with Crippen LogP contribution in [0.1, 0.15) is 29.6 Å². The molecule has 1 fully saturated rings. The van der Waals surface area contributed by atoms with Crippen LogP contribution in [0.5, 0.6) is 5.75 Å². The van der Waals surface area contributed by atoms with E-state index in [1.54, 1.807) is 6.07 Å². The molecule has 0 unspecified atom stereocenters. The van der Waals surface area contributed by atoms with E-state index in [9.17, 15) is 9.90 Å². The van der Waals surface area contributed by atoms with Gasteiger partial charge in [0.25, 0.3) is 0 Å². The normalized spacial score (nSPS) is 15.8. The highest BCUT2D eigenvalue weighted by Gasteiger charge is 2.16. The minimum atomic E-state index is -0.940. The van der Waals surface area contributed by atoms with Crippen molar-refractivity contribution < 1.29 is 14.6 Å². The number of hydrogen-bond acceptors (Lipinski definition) is 3. The van der Waals surface area contributed by atoms with Gasteiger partial charge in [-0.25, -0.2) is 4.79 Å². The van der Waals surface area contributed by atoms with Crippen LogP contribution in [0.3, 0.4) is 0 Å². The lowest BCUT2D eigenvalue weighted by Gasteiger charge is -2.26. The first-order valence-electron chi connectivity index (χ1n) is 7.86. The number of rotatable bonds is 5. The Hall–Kier alpha value is -2.07. The summed E-state index contributed by atoms with van der Waals surface area (Å²) >= 11 is 0. The van der Waals surface area contributed by atoms with Crippen LogP contribution in [-0.2, 0) is 0 Å². The predicted molar refractivity (Wildman–Crippen MR) is 86.7 cm³/mol. The lowest BCUT2D eigenvalue weighted by Crippen LogP contribution is -2.33. The third-order valence-electron chi connectivity index (χ3n) is 4.22. The number of ether oxygens (including phenoxy) is 1. The van der Waals surface area contributed by atoms with Crippen LogP contribution in [0.4, 0.5) is 0 Å². The van der Waals surface area contributed by atoms with Gasteiger partial charge >= 0.3 is 5.97 Å². The second-order valence-corrected chi connectivity index (χ2v) is 5.72. The van der Waals surface area contributed by atoms with Crippen LogP contribution in [0.2, 0.25) is 0 Å². The Morgan fingerprint density at radius 3 is 2.64 bits per heavy atom. The lowest BCUT2D eigenvalue weighted by atomic mass is 10.0. The molecule has 0 bridgehead atoms. The maximum absolute atomic E-state index is 11.6. The van der Waals surface area contributed by atoms with Crippen molar-refractivity contribution in [2.75, 3.05) is 26.2 Å². The van der Waals surface area contributed by atoms with Crippen molar-refractivity contribution in [3.05, 3.63) is 42.0 Å². The number of nitrogens with zero attached hydrogens (tertiary/aromatic N) is 1. The molecular formula is C18H21NO3. The topological polar surface area (TPSA) is 49.8 Å². The van der Waals surface area contributed by atoms with E-state index in [-0.39, 0.29) is 5.56 Å². The fourth-order valence-electron chi connectivity index (χ4n) is 3.06. The molecule has 2 aromatic rings.